The quantitative estimate of drug-likeness (QED) is 0.345. The highest BCUT2D eigenvalue weighted by Gasteiger charge is 2.23. The lowest BCUT2D eigenvalue weighted by Crippen LogP contribution is -2.30. The second-order valence-corrected chi connectivity index (χ2v) is 6.15. The molecule has 0 saturated carbocycles. The number of hydrogen-bond acceptors (Lipinski definition) is 6. The van der Waals surface area contributed by atoms with Crippen molar-refractivity contribution in [1.29, 1.82) is 0 Å². The summed E-state index contributed by atoms with van der Waals surface area (Å²) in [5, 5.41) is 13.2. The van der Waals surface area contributed by atoms with E-state index < -0.39 is 34.5 Å². The number of nitrogens with zero attached hydrogens (tertiary/aromatic N) is 1. The van der Waals surface area contributed by atoms with Crippen LogP contribution in [0.5, 0.6) is 0 Å². The second-order valence-electron chi connectivity index (χ2n) is 5.30. The molecule has 0 fully saturated rings. The van der Waals surface area contributed by atoms with Crippen LogP contribution in [0.2, 0.25) is 0 Å². The van der Waals surface area contributed by atoms with Crippen LogP contribution in [0, 0.1) is 21.7 Å². The van der Waals surface area contributed by atoms with E-state index in [2.05, 4.69) is 5.32 Å². The van der Waals surface area contributed by atoms with E-state index in [1.807, 2.05) is 0 Å². The van der Waals surface area contributed by atoms with Crippen molar-refractivity contribution in [3.63, 3.8) is 0 Å². The molecular formula is C17H14F2N2O5S. The molecule has 27 heavy (non-hydrogen) atoms. The van der Waals surface area contributed by atoms with Gasteiger partial charge in [-0.05, 0) is 37.4 Å². The highest BCUT2D eigenvalue weighted by Crippen LogP contribution is 2.28. The van der Waals surface area contributed by atoms with E-state index in [1.165, 1.54) is 19.1 Å². The molecule has 0 bridgehead atoms. The zero-order valence-electron chi connectivity index (χ0n) is 14.2. The van der Waals surface area contributed by atoms with Gasteiger partial charge in [0.1, 0.15) is 11.6 Å². The average Bonchev–Trinajstić information content (AvgIpc) is 2.63. The lowest BCUT2D eigenvalue weighted by atomic mass is 10.2. The third kappa shape index (κ3) is 5.00. The number of esters is 1. The number of nitrogens with one attached hydrogen (secondary N) is 1. The summed E-state index contributed by atoms with van der Waals surface area (Å²) >= 11 is 1.15. The van der Waals surface area contributed by atoms with E-state index in [4.69, 9.17) is 4.74 Å². The fourth-order valence-electron chi connectivity index (χ4n) is 2.07. The van der Waals surface area contributed by atoms with Crippen LogP contribution in [0.4, 0.5) is 20.2 Å². The maximum atomic E-state index is 13.6. The lowest BCUT2D eigenvalue weighted by molar-refractivity contribution is -0.387. The van der Waals surface area contributed by atoms with Crippen molar-refractivity contribution in [2.24, 2.45) is 0 Å². The summed E-state index contributed by atoms with van der Waals surface area (Å²) < 4.78 is 31.4. The summed E-state index contributed by atoms with van der Waals surface area (Å²) in [6.07, 6.45) is 0.336. The van der Waals surface area contributed by atoms with Crippen molar-refractivity contribution in [1.82, 2.24) is 0 Å². The smallest absolute Gasteiger partial charge is 0.339 e. The van der Waals surface area contributed by atoms with Crippen molar-refractivity contribution in [2.75, 3.05) is 11.6 Å². The molecule has 2 aromatic rings. The fourth-order valence-corrected chi connectivity index (χ4v) is 2.61. The molecule has 0 radical (unpaired) electrons. The maximum absolute atomic E-state index is 13.6. The summed E-state index contributed by atoms with van der Waals surface area (Å²) in [7, 11) is 0. The van der Waals surface area contributed by atoms with Crippen molar-refractivity contribution in [3.8, 4) is 0 Å². The van der Waals surface area contributed by atoms with Crippen molar-refractivity contribution in [3.05, 3.63) is 63.7 Å². The van der Waals surface area contributed by atoms with Gasteiger partial charge in [0.05, 0.1) is 21.1 Å². The molecule has 0 heterocycles. The van der Waals surface area contributed by atoms with Gasteiger partial charge < -0.3 is 10.1 Å². The number of nitro benzene ring substituents is 1. The highest BCUT2D eigenvalue weighted by atomic mass is 32.2. The Labute approximate surface area is 156 Å². The number of nitro groups is 1. The van der Waals surface area contributed by atoms with Crippen molar-refractivity contribution in [2.45, 2.75) is 17.9 Å². The normalized spacial score (nSPS) is 11.6. The molecule has 0 aromatic heterocycles. The minimum atomic E-state index is -1.32. The Hall–Kier alpha value is -3.01. The summed E-state index contributed by atoms with van der Waals surface area (Å²) in [5.41, 5.74) is -0.640. The topological polar surface area (TPSA) is 98.5 Å². The predicted octanol–water partition coefficient (Wildman–Crippen LogP) is 3.78. The molecule has 1 N–H and O–H groups in total. The molecule has 1 amide bonds. The zero-order chi connectivity index (χ0) is 20.1. The largest absolute Gasteiger partial charge is 0.449 e. The van der Waals surface area contributed by atoms with Gasteiger partial charge in [-0.1, -0.05) is 0 Å². The molecule has 1 atom stereocenters. The van der Waals surface area contributed by atoms with Crippen LogP contribution < -0.4 is 5.32 Å². The molecule has 0 spiro atoms. The van der Waals surface area contributed by atoms with E-state index in [9.17, 15) is 28.5 Å². The SMILES string of the molecule is CSc1ccc(C(=O)O[C@@H](C)C(=O)Nc2ccc(F)cc2F)cc1[N+](=O)[O-]. The van der Waals surface area contributed by atoms with E-state index in [1.54, 1.807) is 6.26 Å². The number of carbonyl (C=O) groups excluding carboxylic acids is 2. The van der Waals surface area contributed by atoms with E-state index in [0.717, 1.165) is 30.0 Å². The van der Waals surface area contributed by atoms with Crippen molar-refractivity contribution >= 4 is 35.0 Å². The van der Waals surface area contributed by atoms with Crippen LogP contribution in [0.25, 0.3) is 0 Å². The molecule has 0 aliphatic heterocycles. The lowest BCUT2D eigenvalue weighted by Gasteiger charge is -2.14. The van der Waals surface area contributed by atoms with E-state index in [0.29, 0.717) is 11.0 Å². The Balaban J connectivity index is 2.09. The number of halogens is 2. The van der Waals surface area contributed by atoms with E-state index >= 15 is 0 Å². The number of amides is 1. The van der Waals surface area contributed by atoms with Gasteiger partial charge in [0, 0.05) is 12.1 Å². The molecule has 7 nitrogen and oxygen atoms in total. The van der Waals surface area contributed by atoms with Gasteiger partial charge in [-0.15, -0.1) is 11.8 Å². The average molecular weight is 396 g/mol. The molecule has 0 unspecified atom stereocenters. The van der Waals surface area contributed by atoms with Crippen LogP contribution in [0.3, 0.4) is 0 Å². The number of benzene rings is 2. The first-order chi connectivity index (χ1) is 12.7. The van der Waals surface area contributed by atoms with Crippen LogP contribution in [0.15, 0.2) is 41.3 Å². The Kier molecular flexibility index (Phi) is 6.45. The third-order valence-electron chi connectivity index (χ3n) is 3.45. The first-order valence-corrected chi connectivity index (χ1v) is 8.74. The summed E-state index contributed by atoms with van der Waals surface area (Å²) in [4.78, 5) is 35.0. The van der Waals surface area contributed by atoms with E-state index in [-0.39, 0.29) is 16.9 Å². The number of anilines is 1. The Morgan fingerprint density at radius 1 is 1.22 bits per heavy atom. The van der Waals surface area contributed by atoms with Gasteiger partial charge in [-0.25, -0.2) is 13.6 Å². The third-order valence-corrected chi connectivity index (χ3v) is 4.24. The van der Waals surface area contributed by atoms with Gasteiger partial charge >= 0.3 is 5.97 Å². The molecule has 0 saturated heterocycles. The molecule has 2 aromatic carbocycles. The molecule has 142 valence electrons. The standard InChI is InChI=1S/C17H14F2N2O5S/c1-9(16(22)20-13-5-4-11(18)8-12(13)19)26-17(23)10-3-6-15(27-2)14(7-10)21(24)25/h3-9H,1-2H3,(H,20,22)/t9-/m0/s1. The first kappa shape index (κ1) is 20.3. The second kappa shape index (κ2) is 8.58. The molecule has 2 rings (SSSR count). The number of hydrogen-bond donors (Lipinski definition) is 1. The van der Waals surface area contributed by atoms with Gasteiger partial charge in [0.2, 0.25) is 0 Å². The number of ether oxygens (including phenoxy) is 1. The minimum absolute atomic E-state index is 0.105. The van der Waals surface area contributed by atoms with Gasteiger partial charge in [0.15, 0.2) is 6.10 Å². The highest BCUT2D eigenvalue weighted by molar-refractivity contribution is 7.98. The molecule has 0 aliphatic rings. The fraction of sp³-hybridized carbons (Fsp3) is 0.176. The molecule has 0 aliphatic carbocycles. The van der Waals surface area contributed by atoms with Crippen LogP contribution in [-0.2, 0) is 9.53 Å². The van der Waals surface area contributed by atoms with Crippen LogP contribution in [-0.4, -0.2) is 29.2 Å². The Morgan fingerprint density at radius 3 is 2.52 bits per heavy atom. The summed E-state index contributed by atoms with van der Waals surface area (Å²) in [6.45, 7) is 1.25. The molecule has 10 heteroatoms. The molecular weight excluding hydrogens is 382 g/mol. The predicted molar refractivity (Wildman–Crippen MR) is 94.7 cm³/mol. The Bertz CT molecular complexity index is 907. The summed E-state index contributed by atoms with van der Waals surface area (Å²) in [6, 6.07) is 6.38. The monoisotopic (exact) mass is 396 g/mol. The maximum Gasteiger partial charge on any atom is 0.339 e. The van der Waals surface area contributed by atoms with Gasteiger partial charge in [-0.2, -0.15) is 0 Å². The minimum Gasteiger partial charge on any atom is -0.449 e. The number of carbonyl (C=O) groups is 2. The first-order valence-electron chi connectivity index (χ1n) is 7.52. The van der Waals surface area contributed by atoms with Gasteiger partial charge in [0.25, 0.3) is 11.6 Å². The van der Waals surface area contributed by atoms with Crippen LogP contribution in [0.1, 0.15) is 17.3 Å². The number of rotatable bonds is 6. The zero-order valence-corrected chi connectivity index (χ0v) is 15.0. The van der Waals surface area contributed by atoms with Gasteiger partial charge in [-0.3, -0.25) is 14.9 Å². The Morgan fingerprint density at radius 2 is 1.93 bits per heavy atom. The van der Waals surface area contributed by atoms with Crippen molar-refractivity contribution < 1.29 is 28.0 Å². The number of thioether (sulfide) groups is 1. The summed E-state index contributed by atoms with van der Waals surface area (Å²) in [5.74, 6) is -3.58. The van der Waals surface area contributed by atoms with Crippen LogP contribution >= 0.6 is 11.8 Å².